The second-order valence-electron chi connectivity index (χ2n) is 7.31. The van der Waals surface area contributed by atoms with Crippen molar-refractivity contribution < 1.29 is 111 Å². The SMILES string of the molecule is CCC1(S(=O)(=O)NS(=O)(=O)O)C=CC2=C(C1)C(=O)c1ccc(S(=O)(=O)NS(=O)(=O)O)cc1C2=O.[Na+].[Na+]. The summed E-state index contributed by atoms with van der Waals surface area (Å²) in [6.07, 6.45) is 1.08. The minimum atomic E-state index is -5.18. The number of nitrogens with one attached hydrogen (secondary N) is 2. The van der Waals surface area contributed by atoms with E-state index in [2.05, 4.69) is 0 Å². The minimum absolute atomic E-state index is 0. The number of benzene rings is 1. The zero-order valence-electron chi connectivity index (χ0n) is 18.9. The van der Waals surface area contributed by atoms with E-state index in [1.54, 1.807) is 0 Å². The quantitative estimate of drug-likeness (QED) is 0.168. The first-order valence-electron chi connectivity index (χ1n) is 9.00. The molecule has 0 fully saturated rings. The summed E-state index contributed by atoms with van der Waals surface area (Å²) >= 11 is 0. The van der Waals surface area contributed by atoms with Gasteiger partial charge in [-0.3, -0.25) is 18.7 Å². The Morgan fingerprint density at radius 3 is 1.92 bits per heavy atom. The molecular formula is C16H16N2Na2O12S4+2. The molecule has 0 saturated heterocycles. The molecule has 1 aromatic rings. The van der Waals surface area contributed by atoms with E-state index in [0.29, 0.717) is 0 Å². The molecule has 14 nitrogen and oxygen atoms in total. The number of hydrogen-bond donors (Lipinski definition) is 4. The summed E-state index contributed by atoms with van der Waals surface area (Å²) in [4.78, 5) is 25.3. The van der Waals surface area contributed by atoms with Crippen molar-refractivity contribution in [1.82, 2.24) is 8.25 Å². The van der Waals surface area contributed by atoms with Crippen LogP contribution in [0.15, 0.2) is 46.4 Å². The number of rotatable bonds is 7. The molecule has 1 unspecified atom stereocenters. The van der Waals surface area contributed by atoms with Gasteiger partial charge in [0, 0.05) is 28.7 Å². The molecule has 1 aromatic carbocycles. The number of Topliss-reactive ketones (excluding diaryl/α,β-unsaturated/α-hetero) is 2. The number of ketones is 2. The molecule has 0 spiro atoms. The van der Waals surface area contributed by atoms with Crippen LogP contribution >= 0.6 is 0 Å². The van der Waals surface area contributed by atoms with Crippen LogP contribution in [0, 0.1) is 0 Å². The van der Waals surface area contributed by atoms with Crippen LogP contribution in [0.2, 0.25) is 0 Å². The second kappa shape index (κ2) is 11.0. The second-order valence-corrected chi connectivity index (χ2v) is 13.8. The number of fused-ring (bicyclic) bond motifs is 1. The molecule has 3 rings (SSSR count). The smallest absolute Gasteiger partial charge is 0.289 e. The van der Waals surface area contributed by atoms with Crippen molar-refractivity contribution >= 4 is 52.2 Å². The van der Waals surface area contributed by atoms with Gasteiger partial charge in [0.1, 0.15) is 4.75 Å². The predicted octanol–water partition coefficient (Wildman–Crippen LogP) is -6.72. The summed E-state index contributed by atoms with van der Waals surface area (Å²) in [5.41, 5.74) is -1.29. The average molecular weight is 603 g/mol. The van der Waals surface area contributed by atoms with Crippen molar-refractivity contribution in [2.45, 2.75) is 29.4 Å². The molecular weight excluding hydrogens is 586 g/mol. The van der Waals surface area contributed by atoms with Crippen molar-refractivity contribution in [3.8, 4) is 0 Å². The molecule has 0 heterocycles. The first-order valence-corrected chi connectivity index (χ1v) is 14.8. The minimum Gasteiger partial charge on any atom is -0.289 e. The maximum atomic E-state index is 13.1. The van der Waals surface area contributed by atoms with Crippen molar-refractivity contribution in [2.24, 2.45) is 0 Å². The Morgan fingerprint density at radius 2 is 1.42 bits per heavy atom. The van der Waals surface area contributed by atoms with Crippen molar-refractivity contribution in [1.29, 1.82) is 0 Å². The topological polar surface area (TPSA) is 235 Å². The fraction of sp³-hybridized carbons (Fsp3) is 0.250. The number of carbonyl (C=O) groups excluding carboxylic acids is 2. The summed E-state index contributed by atoms with van der Waals surface area (Å²) in [7, 11) is -20.0. The van der Waals surface area contributed by atoms with Crippen LogP contribution in [0.5, 0.6) is 0 Å². The van der Waals surface area contributed by atoms with Crippen LogP contribution in [-0.2, 0) is 40.7 Å². The van der Waals surface area contributed by atoms with E-state index in [0.717, 1.165) is 38.6 Å². The van der Waals surface area contributed by atoms with Gasteiger partial charge in [0.2, 0.25) is 10.0 Å². The van der Waals surface area contributed by atoms with E-state index >= 15 is 0 Å². The molecule has 0 bridgehead atoms. The fourth-order valence-corrected chi connectivity index (χ4v) is 8.36. The molecule has 1 atom stereocenters. The Morgan fingerprint density at radius 1 is 0.861 bits per heavy atom. The Labute approximate surface area is 251 Å². The van der Waals surface area contributed by atoms with Gasteiger partial charge in [0.25, 0.3) is 10.0 Å². The fourth-order valence-electron chi connectivity index (χ4n) is 3.61. The standard InChI is InChI=1S/C16H16N2O12S4.2Na/c1-2-16(32(23,24)18-34(28,29)30)6-5-11-13(8-16)15(20)10-4-3-9(7-12(10)14(11)19)31(21,22)17-33(25,26)27;;/h3-7,17-18H,2,8H2,1H3,(H,25,26,27)(H,28,29,30);;/q;2*+1. The number of sulfonamides is 2. The zero-order valence-corrected chi connectivity index (χ0v) is 26.2. The third kappa shape index (κ3) is 6.63. The number of allylic oxidation sites excluding steroid dienone is 3. The Balaban J connectivity index is 0.00000324. The van der Waals surface area contributed by atoms with Gasteiger partial charge in [-0.15, -0.1) is 0 Å². The predicted molar refractivity (Wildman–Crippen MR) is 114 cm³/mol. The van der Waals surface area contributed by atoms with Gasteiger partial charge in [-0.25, -0.2) is 16.8 Å². The van der Waals surface area contributed by atoms with Crippen LogP contribution in [0.3, 0.4) is 0 Å². The van der Waals surface area contributed by atoms with Gasteiger partial charge in [0.05, 0.1) is 4.90 Å². The van der Waals surface area contributed by atoms with Gasteiger partial charge >= 0.3 is 79.7 Å². The number of carbonyl (C=O) groups is 2. The first-order chi connectivity index (χ1) is 15.3. The van der Waals surface area contributed by atoms with Crippen molar-refractivity contribution in [3.63, 3.8) is 0 Å². The van der Waals surface area contributed by atoms with E-state index < -0.39 is 73.8 Å². The summed E-state index contributed by atoms with van der Waals surface area (Å²) < 4.78 is 111. The molecule has 2 aliphatic carbocycles. The van der Waals surface area contributed by atoms with Crippen LogP contribution in [-0.4, -0.2) is 59.1 Å². The molecule has 0 aliphatic heterocycles. The molecule has 186 valence electrons. The van der Waals surface area contributed by atoms with E-state index in [-0.39, 0.29) is 82.2 Å². The largest absolute Gasteiger partial charge is 1.00 e. The van der Waals surface area contributed by atoms with Crippen LogP contribution in [0.4, 0.5) is 0 Å². The Bertz CT molecular complexity index is 1630. The van der Waals surface area contributed by atoms with Crippen molar-refractivity contribution in [2.75, 3.05) is 0 Å². The van der Waals surface area contributed by atoms with E-state index in [4.69, 9.17) is 9.11 Å². The molecule has 0 saturated carbocycles. The average Bonchev–Trinajstić information content (AvgIpc) is 2.67. The number of hydrogen-bond acceptors (Lipinski definition) is 10. The van der Waals surface area contributed by atoms with E-state index in [1.807, 2.05) is 0 Å². The first kappa shape index (κ1) is 33.7. The molecule has 2 aliphatic rings. The zero-order chi connectivity index (χ0) is 25.9. The third-order valence-corrected chi connectivity index (χ3v) is 11.2. The summed E-state index contributed by atoms with van der Waals surface area (Å²) in [5.74, 6) is -1.73. The van der Waals surface area contributed by atoms with Gasteiger partial charge in [0.15, 0.2) is 11.6 Å². The maximum absolute atomic E-state index is 13.1. The molecule has 4 N–H and O–H groups in total. The monoisotopic (exact) mass is 602 g/mol. The Hall–Kier alpha value is -0.320. The van der Waals surface area contributed by atoms with Gasteiger partial charge < -0.3 is 0 Å². The van der Waals surface area contributed by atoms with Gasteiger partial charge in [-0.2, -0.15) is 16.8 Å². The maximum Gasteiger partial charge on any atom is 1.00 e. The van der Waals surface area contributed by atoms with Gasteiger partial charge in [-0.1, -0.05) is 27.3 Å². The third-order valence-electron chi connectivity index (χ3n) is 5.23. The van der Waals surface area contributed by atoms with Crippen molar-refractivity contribution in [3.05, 3.63) is 52.6 Å². The van der Waals surface area contributed by atoms with Crippen LogP contribution < -0.4 is 67.4 Å². The molecule has 0 amide bonds. The molecule has 20 heteroatoms. The summed E-state index contributed by atoms with van der Waals surface area (Å²) in [6.45, 7) is 1.38. The molecule has 0 radical (unpaired) electrons. The summed E-state index contributed by atoms with van der Waals surface area (Å²) in [5, 5.41) is 0. The molecule has 0 aromatic heterocycles. The van der Waals surface area contributed by atoms with Crippen LogP contribution in [0.1, 0.15) is 40.5 Å². The summed E-state index contributed by atoms with van der Waals surface area (Å²) in [6, 6.07) is 2.43. The van der Waals surface area contributed by atoms with E-state index in [1.165, 1.54) is 6.92 Å². The van der Waals surface area contributed by atoms with Crippen LogP contribution in [0.25, 0.3) is 0 Å². The van der Waals surface area contributed by atoms with Gasteiger partial charge in [-0.05, 0) is 24.6 Å². The Kier molecular flexibility index (Phi) is 10.3. The molecule has 36 heavy (non-hydrogen) atoms. The normalized spacial score (nSPS) is 20.2. The van der Waals surface area contributed by atoms with E-state index in [9.17, 15) is 43.3 Å².